The number of nitrogens with one attached hydrogen (secondary N) is 2. The quantitative estimate of drug-likeness (QED) is 0.590. The second kappa shape index (κ2) is 10.8. The van der Waals surface area contributed by atoms with E-state index in [-0.39, 0.29) is 35.8 Å². The van der Waals surface area contributed by atoms with Gasteiger partial charge in [-0.3, -0.25) is 4.79 Å². The number of sulfonamides is 1. The lowest BCUT2D eigenvalue weighted by Gasteiger charge is -2.26. The van der Waals surface area contributed by atoms with E-state index in [1.54, 1.807) is 18.2 Å². The normalized spacial score (nSPS) is 14.9. The van der Waals surface area contributed by atoms with Crippen molar-refractivity contribution >= 4 is 21.6 Å². The van der Waals surface area contributed by atoms with Crippen LogP contribution in [0.25, 0.3) is 0 Å². The minimum atomic E-state index is -3.69. The Morgan fingerprint density at radius 2 is 1.84 bits per heavy atom. The summed E-state index contributed by atoms with van der Waals surface area (Å²) >= 11 is 0. The third-order valence-corrected chi connectivity index (χ3v) is 6.66. The smallest absolute Gasteiger partial charge is 0.243 e. The molecule has 10 heteroatoms. The van der Waals surface area contributed by atoms with Crippen LogP contribution >= 0.6 is 0 Å². The third-order valence-electron chi connectivity index (χ3n) is 4.76. The van der Waals surface area contributed by atoms with E-state index in [0.717, 1.165) is 5.56 Å². The lowest BCUT2D eigenvalue weighted by Crippen LogP contribution is -2.40. The maximum absolute atomic E-state index is 13.0. The highest BCUT2D eigenvalue weighted by Crippen LogP contribution is 2.30. The lowest BCUT2D eigenvalue weighted by molar-refractivity contribution is -0.119. The predicted octanol–water partition coefficient (Wildman–Crippen LogP) is 2.36. The van der Waals surface area contributed by atoms with Crippen molar-refractivity contribution < 1.29 is 27.1 Å². The van der Waals surface area contributed by atoms with Crippen LogP contribution in [-0.4, -0.2) is 57.6 Å². The van der Waals surface area contributed by atoms with Gasteiger partial charge in [0, 0.05) is 19.6 Å². The van der Waals surface area contributed by atoms with Crippen molar-refractivity contribution in [3.8, 4) is 5.75 Å². The second-order valence-electron chi connectivity index (χ2n) is 7.60. The minimum absolute atomic E-state index is 0.0866. The summed E-state index contributed by atoms with van der Waals surface area (Å²) < 4.78 is 51.4. The van der Waals surface area contributed by atoms with Gasteiger partial charge in [-0.2, -0.15) is 4.31 Å². The molecule has 2 aromatic rings. The van der Waals surface area contributed by atoms with Crippen LogP contribution < -0.4 is 15.4 Å². The Morgan fingerprint density at radius 3 is 2.50 bits per heavy atom. The number of amides is 1. The van der Waals surface area contributed by atoms with Gasteiger partial charge in [-0.15, -0.1) is 0 Å². The number of hydrogen-bond donors (Lipinski definition) is 2. The molecule has 32 heavy (non-hydrogen) atoms. The zero-order valence-electron chi connectivity index (χ0n) is 18.1. The molecule has 1 aliphatic heterocycles. The Balaban J connectivity index is 1.70. The van der Waals surface area contributed by atoms with Crippen molar-refractivity contribution in [3.05, 3.63) is 53.8 Å². The van der Waals surface area contributed by atoms with Crippen LogP contribution in [0, 0.1) is 5.82 Å². The molecular weight excluding hydrogens is 437 g/mol. The average Bonchev–Trinajstić information content (AvgIpc) is 2.78. The van der Waals surface area contributed by atoms with Crippen LogP contribution in [0.3, 0.4) is 0 Å². The number of benzene rings is 2. The van der Waals surface area contributed by atoms with Gasteiger partial charge in [-0.1, -0.05) is 12.1 Å². The van der Waals surface area contributed by atoms with Gasteiger partial charge in [0.25, 0.3) is 0 Å². The fourth-order valence-corrected chi connectivity index (χ4v) is 4.58. The van der Waals surface area contributed by atoms with Crippen molar-refractivity contribution in [2.75, 3.05) is 38.2 Å². The predicted molar refractivity (Wildman–Crippen MR) is 119 cm³/mol. The van der Waals surface area contributed by atoms with E-state index in [1.165, 1.54) is 28.6 Å². The Labute approximate surface area is 187 Å². The zero-order chi connectivity index (χ0) is 23.1. The Kier molecular flexibility index (Phi) is 8.05. The van der Waals surface area contributed by atoms with E-state index in [1.807, 2.05) is 13.8 Å². The van der Waals surface area contributed by atoms with Gasteiger partial charge in [0.1, 0.15) is 11.6 Å². The monoisotopic (exact) mass is 465 g/mol. The summed E-state index contributed by atoms with van der Waals surface area (Å²) in [4.78, 5) is 12.4. The highest BCUT2D eigenvalue weighted by Gasteiger charge is 2.27. The first-order valence-electron chi connectivity index (χ1n) is 10.4. The summed E-state index contributed by atoms with van der Waals surface area (Å²) in [5, 5.41) is 5.71. The number of ether oxygens (including phenoxy) is 2. The topological polar surface area (TPSA) is 97.0 Å². The Bertz CT molecular complexity index is 1020. The molecule has 0 atom stereocenters. The molecule has 3 rings (SSSR count). The van der Waals surface area contributed by atoms with Crippen LogP contribution in [0.5, 0.6) is 5.75 Å². The van der Waals surface area contributed by atoms with Crippen molar-refractivity contribution in [1.29, 1.82) is 0 Å². The maximum atomic E-state index is 13.0. The maximum Gasteiger partial charge on any atom is 0.243 e. The summed E-state index contributed by atoms with van der Waals surface area (Å²) in [6, 6.07) is 10.4. The minimum Gasteiger partial charge on any atom is -0.489 e. The molecule has 0 radical (unpaired) electrons. The number of carbonyl (C=O) groups excluding carboxylic acids is 1. The van der Waals surface area contributed by atoms with Gasteiger partial charge in [0.15, 0.2) is 0 Å². The summed E-state index contributed by atoms with van der Waals surface area (Å²) in [5.74, 6) is -0.190. The number of morpholine rings is 1. The molecule has 1 saturated heterocycles. The number of anilines is 1. The van der Waals surface area contributed by atoms with E-state index in [9.17, 15) is 17.6 Å². The number of halogens is 1. The number of rotatable bonds is 9. The first-order valence-corrected chi connectivity index (χ1v) is 11.8. The van der Waals surface area contributed by atoms with Crippen LogP contribution in [0.4, 0.5) is 10.1 Å². The van der Waals surface area contributed by atoms with Crippen molar-refractivity contribution in [2.24, 2.45) is 0 Å². The molecule has 8 nitrogen and oxygen atoms in total. The van der Waals surface area contributed by atoms with Crippen LogP contribution in [0.15, 0.2) is 47.4 Å². The summed E-state index contributed by atoms with van der Waals surface area (Å²) in [5.41, 5.74) is 1.17. The number of hydrogen-bond acceptors (Lipinski definition) is 6. The zero-order valence-corrected chi connectivity index (χ0v) is 19.0. The molecule has 1 amide bonds. The van der Waals surface area contributed by atoms with Crippen molar-refractivity contribution in [3.63, 3.8) is 0 Å². The first-order chi connectivity index (χ1) is 15.3. The van der Waals surface area contributed by atoms with E-state index in [4.69, 9.17) is 9.47 Å². The molecule has 174 valence electrons. The summed E-state index contributed by atoms with van der Waals surface area (Å²) in [7, 11) is -3.69. The number of nitrogens with zero attached hydrogens (tertiary/aromatic N) is 1. The molecule has 1 heterocycles. The molecule has 0 aromatic heterocycles. The molecule has 2 N–H and O–H groups in total. The van der Waals surface area contributed by atoms with E-state index >= 15 is 0 Å². The molecule has 0 aliphatic carbocycles. The largest absolute Gasteiger partial charge is 0.489 e. The van der Waals surface area contributed by atoms with E-state index < -0.39 is 10.0 Å². The lowest BCUT2D eigenvalue weighted by atomic mass is 10.2. The third kappa shape index (κ3) is 6.41. The van der Waals surface area contributed by atoms with Crippen LogP contribution in [0.2, 0.25) is 0 Å². The fourth-order valence-electron chi connectivity index (χ4n) is 3.14. The SMILES string of the molecule is CC(C)Oc1ccc(S(=O)(=O)N2CCOCC2)cc1NCC(=O)NCc1ccc(F)cc1. The second-order valence-corrected chi connectivity index (χ2v) is 9.54. The fraction of sp³-hybridized carbons (Fsp3) is 0.409. The standard InChI is InChI=1S/C22H28FN3O5S/c1-16(2)31-21-8-7-19(32(28,29)26-9-11-30-12-10-26)13-20(21)24-15-22(27)25-14-17-3-5-18(23)6-4-17/h3-8,13,16,24H,9-12,14-15H2,1-2H3,(H,25,27). The molecule has 1 fully saturated rings. The number of carbonyl (C=O) groups is 1. The van der Waals surface area contributed by atoms with Gasteiger partial charge in [-0.05, 0) is 49.7 Å². The molecule has 2 aromatic carbocycles. The Morgan fingerprint density at radius 1 is 1.16 bits per heavy atom. The van der Waals surface area contributed by atoms with E-state index in [2.05, 4.69) is 10.6 Å². The highest BCUT2D eigenvalue weighted by molar-refractivity contribution is 7.89. The van der Waals surface area contributed by atoms with Crippen molar-refractivity contribution in [1.82, 2.24) is 9.62 Å². The Hall–Kier alpha value is -2.69. The molecule has 0 unspecified atom stereocenters. The van der Waals surface area contributed by atoms with Crippen LogP contribution in [0.1, 0.15) is 19.4 Å². The van der Waals surface area contributed by atoms with Crippen LogP contribution in [-0.2, 0) is 26.1 Å². The summed E-state index contributed by atoms with van der Waals surface area (Å²) in [6.45, 7) is 5.18. The first kappa shape index (κ1) is 24.0. The molecule has 0 spiro atoms. The average molecular weight is 466 g/mol. The van der Waals surface area contributed by atoms with Crippen molar-refractivity contribution in [2.45, 2.75) is 31.4 Å². The van der Waals surface area contributed by atoms with Gasteiger partial charge < -0.3 is 20.1 Å². The molecule has 0 saturated carbocycles. The molecular formula is C22H28FN3O5S. The summed E-state index contributed by atoms with van der Waals surface area (Å²) in [6.07, 6.45) is -0.135. The molecule has 0 bridgehead atoms. The van der Waals surface area contributed by atoms with Gasteiger partial charge >= 0.3 is 0 Å². The van der Waals surface area contributed by atoms with Gasteiger partial charge in [-0.25, -0.2) is 12.8 Å². The van der Waals surface area contributed by atoms with E-state index in [0.29, 0.717) is 37.7 Å². The van der Waals surface area contributed by atoms with Gasteiger partial charge in [0.05, 0.1) is 36.4 Å². The molecule has 1 aliphatic rings. The van der Waals surface area contributed by atoms with Gasteiger partial charge in [0.2, 0.25) is 15.9 Å². The highest BCUT2D eigenvalue weighted by atomic mass is 32.2.